The maximum atomic E-state index is 6.18. The molecule has 78 valence electrons. The Kier molecular flexibility index (Phi) is 4.03. The molecule has 0 amide bonds. The summed E-state index contributed by atoms with van der Waals surface area (Å²) in [6, 6.07) is 8.08. The predicted octanol–water partition coefficient (Wildman–Crippen LogP) is 4.79. The van der Waals surface area contributed by atoms with E-state index in [4.69, 9.17) is 11.6 Å². The van der Waals surface area contributed by atoms with Crippen molar-refractivity contribution in [2.75, 3.05) is 0 Å². The van der Waals surface area contributed by atoms with E-state index in [0.29, 0.717) is 4.83 Å². The van der Waals surface area contributed by atoms with E-state index >= 15 is 0 Å². The Morgan fingerprint density at radius 3 is 2.43 bits per heavy atom. The van der Waals surface area contributed by atoms with Crippen LogP contribution in [-0.2, 0) is 5.41 Å². The van der Waals surface area contributed by atoms with Crippen LogP contribution >= 0.6 is 27.5 Å². The van der Waals surface area contributed by atoms with E-state index in [0.717, 1.165) is 11.4 Å². The van der Waals surface area contributed by atoms with Gasteiger partial charge in [-0.05, 0) is 23.5 Å². The zero-order valence-corrected chi connectivity index (χ0v) is 11.2. The van der Waals surface area contributed by atoms with E-state index in [-0.39, 0.29) is 5.41 Å². The topological polar surface area (TPSA) is 0 Å². The summed E-state index contributed by atoms with van der Waals surface area (Å²) >= 11 is 9.77. The molecule has 0 saturated carbocycles. The lowest BCUT2D eigenvalue weighted by Crippen LogP contribution is -2.21. The van der Waals surface area contributed by atoms with Gasteiger partial charge in [0.15, 0.2) is 0 Å². The highest BCUT2D eigenvalue weighted by molar-refractivity contribution is 9.09. The first kappa shape index (κ1) is 12.1. The van der Waals surface area contributed by atoms with Crippen molar-refractivity contribution in [2.45, 2.75) is 37.4 Å². The molecular weight excluding hydrogens is 259 g/mol. The van der Waals surface area contributed by atoms with Gasteiger partial charge in [0.1, 0.15) is 0 Å². The van der Waals surface area contributed by atoms with Crippen LogP contribution in [0.4, 0.5) is 0 Å². The molecule has 0 spiro atoms. The van der Waals surface area contributed by atoms with Crippen LogP contribution in [0.2, 0.25) is 5.02 Å². The highest BCUT2D eigenvalue weighted by Crippen LogP contribution is 2.34. The number of hydrogen-bond acceptors (Lipinski definition) is 0. The Bertz CT molecular complexity index is 305. The van der Waals surface area contributed by atoms with Crippen LogP contribution in [0.15, 0.2) is 24.3 Å². The molecule has 1 aromatic carbocycles. The molecule has 1 aromatic rings. The third kappa shape index (κ3) is 2.99. The molecule has 0 aliphatic heterocycles. The smallest absolute Gasteiger partial charge is 0.0443 e. The molecule has 0 nitrogen and oxygen atoms in total. The van der Waals surface area contributed by atoms with Crippen LogP contribution < -0.4 is 0 Å². The fraction of sp³-hybridized carbons (Fsp3) is 0.500. The van der Waals surface area contributed by atoms with E-state index in [1.54, 1.807) is 0 Å². The number of halogens is 2. The van der Waals surface area contributed by atoms with Gasteiger partial charge in [-0.1, -0.05) is 66.5 Å². The Morgan fingerprint density at radius 2 is 1.93 bits per heavy atom. The van der Waals surface area contributed by atoms with Crippen LogP contribution in [0, 0.1) is 0 Å². The molecule has 1 rings (SSSR count). The van der Waals surface area contributed by atoms with Crippen molar-refractivity contribution in [3.63, 3.8) is 0 Å². The minimum absolute atomic E-state index is 0.126. The first-order valence-corrected chi connectivity index (χ1v) is 6.12. The highest BCUT2D eigenvalue weighted by Gasteiger charge is 2.24. The molecule has 0 heterocycles. The second-order valence-electron chi connectivity index (χ2n) is 4.35. The van der Waals surface area contributed by atoms with E-state index in [2.05, 4.69) is 42.8 Å². The van der Waals surface area contributed by atoms with Crippen molar-refractivity contribution < 1.29 is 0 Å². The molecule has 0 fully saturated rings. The summed E-state index contributed by atoms with van der Waals surface area (Å²) in [7, 11) is 0. The summed E-state index contributed by atoms with van der Waals surface area (Å²) in [5.74, 6) is 0. The van der Waals surface area contributed by atoms with E-state index in [1.807, 2.05) is 18.2 Å². The molecule has 0 aliphatic carbocycles. The largest absolute Gasteiger partial charge is 0.0893 e. The molecule has 2 heteroatoms. The van der Waals surface area contributed by atoms with Crippen molar-refractivity contribution in [2.24, 2.45) is 0 Å². The van der Waals surface area contributed by atoms with Gasteiger partial charge in [0.05, 0.1) is 0 Å². The van der Waals surface area contributed by atoms with Gasteiger partial charge in [0.2, 0.25) is 0 Å². The van der Waals surface area contributed by atoms with Gasteiger partial charge in [-0.25, -0.2) is 0 Å². The number of benzene rings is 1. The standard InChI is InChI=1S/C12H16BrCl/c1-9(13)8-12(2,3)10-6-4-5-7-11(10)14/h4-7,9H,8H2,1-3H3. The third-order valence-electron chi connectivity index (χ3n) is 2.39. The lowest BCUT2D eigenvalue weighted by atomic mass is 9.81. The SMILES string of the molecule is CC(Br)CC(C)(C)c1ccccc1Cl. The van der Waals surface area contributed by atoms with Gasteiger partial charge in [-0.15, -0.1) is 0 Å². The van der Waals surface area contributed by atoms with E-state index in [9.17, 15) is 0 Å². The van der Waals surface area contributed by atoms with E-state index < -0.39 is 0 Å². The molecule has 0 bridgehead atoms. The molecule has 0 aromatic heterocycles. The average molecular weight is 276 g/mol. The third-order valence-corrected chi connectivity index (χ3v) is 3.05. The van der Waals surface area contributed by atoms with Crippen molar-refractivity contribution in [1.82, 2.24) is 0 Å². The Morgan fingerprint density at radius 1 is 1.36 bits per heavy atom. The maximum absolute atomic E-state index is 6.18. The van der Waals surface area contributed by atoms with Gasteiger partial charge in [-0.2, -0.15) is 0 Å². The minimum atomic E-state index is 0.126. The maximum Gasteiger partial charge on any atom is 0.0443 e. The Hall–Kier alpha value is -0.0100. The van der Waals surface area contributed by atoms with Crippen molar-refractivity contribution in [3.8, 4) is 0 Å². The van der Waals surface area contributed by atoms with Gasteiger partial charge in [-0.3, -0.25) is 0 Å². The van der Waals surface area contributed by atoms with Crippen molar-refractivity contribution in [1.29, 1.82) is 0 Å². The van der Waals surface area contributed by atoms with E-state index in [1.165, 1.54) is 5.56 Å². The quantitative estimate of drug-likeness (QED) is 0.696. The lowest BCUT2D eigenvalue weighted by Gasteiger charge is -2.27. The van der Waals surface area contributed by atoms with Gasteiger partial charge < -0.3 is 0 Å². The molecule has 0 N–H and O–H groups in total. The van der Waals surface area contributed by atoms with Gasteiger partial charge in [0.25, 0.3) is 0 Å². The Balaban J connectivity index is 2.97. The molecule has 0 radical (unpaired) electrons. The summed E-state index contributed by atoms with van der Waals surface area (Å²) in [5.41, 5.74) is 1.36. The summed E-state index contributed by atoms with van der Waals surface area (Å²) in [6.07, 6.45) is 1.08. The first-order chi connectivity index (χ1) is 6.43. The molecule has 1 unspecified atom stereocenters. The summed E-state index contributed by atoms with van der Waals surface area (Å²) in [5, 5.41) is 0.866. The normalized spacial score (nSPS) is 14.1. The highest BCUT2D eigenvalue weighted by atomic mass is 79.9. The summed E-state index contributed by atoms with van der Waals surface area (Å²) in [4.78, 5) is 0.508. The summed E-state index contributed by atoms with van der Waals surface area (Å²) < 4.78 is 0. The monoisotopic (exact) mass is 274 g/mol. The van der Waals surface area contributed by atoms with Crippen LogP contribution in [-0.4, -0.2) is 4.83 Å². The van der Waals surface area contributed by atoms with Gasteiger partial charge >= 0.3 is 0 Å². The first-order valence-electron chi connectivity index (χ1n) is 4.82. The predicted molar refractivity (Wildman–Crippen MR) is 67.5 cm³/mol. The summed E-state index contributed by atoms with van der Waals surface area (Å²) in [6.45, 7) is 6.62. The van der Waals surface area contributed by atoms with Crippen LogP contribution in [0.25, 0.3) is 0 Å². The fourth-order valence-electron chi connectivity index (χ4n) is 1.82. The van der Waals surface area contributed by atoms with Gasteiger partial charge in [0, 0.05) is 9.85 Å². The minimum Gasteiger partial charge on any atom is -0.0893 e. The molecule has 1 atom stereocenters. The van der Waals surface area contributed by atoms with Crippen molar-refractivity contribution in [3.05, 3.63) is 34.9 Å². The second kappa shape index (κ2) is 4.67. The zero-order valence-electron chi connectivity index (χ0n) is 8.85. The number of hydrogen-bond donors (Lipinski definition) is 0. The Labute approximate surface area is 99.8 Å². The van der Waals surface area contributed by atoms with Crippen LogP contribution in [0.5, 0.6) is 0 Å². The molecular formula is C12H16BrCl. The average Bonchev–Trinajstić information content (AvgIpc) is 2.02. The molecule has 0 saturated heterocycles. The van der Waals surface area contributed by atoms with Crippen LogP contribution in [0.1, 0.15) is 32.8 Å². The second-order valence-corrected chi connectivity index (χ2v) is 6.32. The van der Waals surface area contributed by atoms with Crippen LogP contribution in [0.3, 0.4) is 0 Å². The fourth-order valence-corrected chi connectivity index (χ4v) is 3.02. The zero-order chi connectivity index (χ0) is 10.8. The number of alkyl halides is 1. The molecule has 14 heavy (non-hydrogen) atoms. The number of rotatable bonds is 3. The molecule has 0 aliphatic rings. The lowest BCUT2D eigenvalue weighted by molar-refractivity contribution is 0.482. The van der Waals surface area contributed by atoms with Crippen molar-refractivity contribution >= 4 is 27.5 Å².